The van der Waals surface area contributed by atoms with Crippen molar-refractivity contribution in [1.82, 2.24) is 9.47 Å². The summed E-state index contributed by atoms with van der Waals surface area (Å²) in [4.78, 5) is 26.1. The summed E-state index contributed by atoms with van der Waals surface area (Å²) < 4.78 is 2.21. The van der Waals surface area contributed by atoms with Crippen molar-refractivity contribution in [3.63, 3.8) is 0 Å². The van der Waals surface area contributed by atoms with E-state index in [4.69, 9.17) is 0 Å². The molecule has 2 amide bonds. The van der Waals surface area contributed by atoms with Crippen molar-refractivity contribution in [2.24, 2.45) is 0 Å². The second kappa shape index (κ2) is 7.38. The topological polar surface area (TPSA) is 42.3 Å². The van der Waals surface area contributed by atoms with Gasteiger partial charge in [0.25, 0.3) is 11.1 Å². The number of nitrogens with zero attached hydrogens (tertiary/aromatic N) is 2. The lowest BCUT2D eigenvalue weighted by atomic mass is 10.1. The predicted octanol–water partition coefficient (Wildman–Crippen LogP) is 4.88. The van der Waals surface area contributed by atoms with Crippen molar-refractivity contribution in [1.29, 1.82) is 0 Å². The molecule has 1 saturated heterocycles. The van der Waals surface area contributed by atoms with Crippen molar-refractivity contribution in [2.45, 2.75) is 27.2 Å². The lowest BCUT2D eigenvalue weighted by Crippen LogP contribution is -2.27. The van der Waals surface area contributed by atoms with Crippen LogP contribution >= 0.6 is 11.8 Å². The van der Waals surface area contributed by atoms with Crippen molar-refractivity contribution in [2.75, 3.05) is 6.54 Å². The maximum atomic E-state index is 12.4. The molecule has 5 heteroatoms. The van der Waals surface area contributed by atoms with Crippen molar-refractivity contribution in [3.05, 3.63) is 70.4 Å². The Morgan fingerprint density at radius 1 is 1.19 bits per heavy atom. The van der Waals surface area contributed by atoms with E-state index in [0.717, 1.165) is 40.8 Å². The van der Waals surface area contributed by atoms with Gasteiger partial charge in [0.2, 0.25) is 0 Å². The molecule has 1 aliphatic heterocycles. The van der Waals surface area contributed by atoms with Gasteiger partial charge in [0, 0.05) is 23.6 Å². The van der Waals surface area contributed by atoms with Gasteiger partial charge in [-0.15, -0.1) is 6.58 Å². The third-order valence-electron chi connectivity index (χ3n) is 4.56. The zero-order valence-electron chi connectivity index (χ0n) is 15.3. The summed E-state index contributed by atoms with van der Waals surface area (Å²) in [5.41, 5.74) is 5.54. The number of aryl methyl sites for hydroxylation is 2. The van der Waals surface area contributed by atoms with E-state index < -0.39 is 0 Å². The fraction of sp³-hybridized carbons (Fsp3) is 0.238. The molecule has 4 nitrogen and oxygen atoms in total. The minimum absolute atomic E-state index is 0.241. The fourth-order valence-electron chi connectivity index (χ4n) is 3.26. The van der Waals surface area contributed by atoms with Crippen LogP contribution in [-0.4, -0.2) is 27.2 Å². The van der Waals surface area contributed by atoms with Gasteiger partial charge in [-0.25, -0.2) is 0 Å². The highest BCUT2D eigenvalue weighted by Gasteiger charge is 2.34. The average molecular weight is 366 g/mol. The number of benzene rings is 1. The van der Waals surface area contributed by atoms with Crippen molar-refractivity contribution in [3.8, 4) is 5.69 Å². The number of thioether (sulfide) groups is 1. The Morgan fingerprint density at radius 3 is 2.62 bits per heavy atom. The normalized spacial score (nSPS) is 16.0. The van der Waals surface area contributed by atoms with E-state index in [1.165, 1.54) is 10.5 Å². The zero-order chi connectivity index (χ0) is 18.8. The number of para-hydroxylation sites is 1. The summed E-state index contributed by atoms with van der Waals surface area (Å²) in [7, 11) is 0. The van der Waals surface area contributed by atoms with Crippen LogP contribution in [0.1, 0.15) is 29.4 Å². The molecule has 0 bridgehead atoms. The van der Waals surface area contributed by atoms with E-state index in [1.807, 2.05) is 25.1 Å². The van der Waals surface area contributed by atoms with Gasteiger partial charge >= 0.3 is 0 Å². The maximum absolute atomic E-state index is 12.4. The van der Waals surface area contributed by atoms with E-state index in [0.29, 0.717) is 4.91 Å². The smallest absolute Gasteiger partial charge is 0.293 e. The average Bonchev–Trinajstić information content (AvgIpc) is 3.05. The molecule has 0 spiro atoms. The van der Waals surface area contributed by atoms with Crippen molar-refractivity contribution >= 4 is 29.0 Å². The SMILES string of the molecule is C=CCN1C(=O)SC(=Cc2cc(C)n(-c3ccccc3CC)c2C)C1=O. The number of imide groups is 1. The van der Waals surface area contributed by atoms with Crippen LogP contribution in [0.2, 0.25) is 0 Å². The third kappa shape index (κ3) is 3.15. The molecule has 3 rings (SSSR count). The first-order valence-corrected chi connectivity index (χ1v) is 9.43. The van der Waals surface area contributed by atoms with Crippen LogP contribution in [0.3, 0.4) is 0 Å². The van der Waals surface area contributed by atoms with E-state index in [1.54, 1.807) is 6.08 Å². The number of carbonyl (C=O) groups excluding carboxylic acids is 2. The van der Waals surface area contributed by atoms with Crippen LogP contribution < -0.4 is 0 Å². The van der Waals surface area contributed by atoms with E-state index in [9.17, 15) is 9.59 Å². The third-order valence-corrected chi connectivity index (χ3v) is 5.46. The Kier molecular flexibility index (Phi) is 5.18. The van der Waals surface area contributed by atoms with Crippen LogP contribution in [0.25, 0.3) is 11.8 Å². The molecule has 0 aliphatic carbocycles. The molecule has 0 unspecified atom stereocenters. The molecular weight excluding hydrogens is 344 g/mol. The molecule has 0 saturated carbocycles. The molecule has 0 N–H and O–H groups in total. The van der Waals surface area contributed by atoms with E-state index >= 15 is 0 Å². The van der Waals surface area contributed by atoms with Gasteiger partial charge in [0.05, 0.1) is 4.91 Å². The minimum atomic E-state index is -0.251. The molecule has 0 radical (unpaired) electrons. The summed E-state index contributed by atoms with van der Waals surface area (Å²) in [5.74, 6) is -0.251. The van der Waals surface area contributed by atoms with Gasteiger partial charge in [0.1, 0.15) is 0 Å². The van der Waals surface area contributed by atoms with Gasteiger partial charge in [0.15, 0.2) is 0 Å². The van der Waals surface area contributed by atoms with Crippen LogP contribution in [0, 0.1) is 13.8 Å². The highest BCUT2D eigenvalue weighted by Crippen LogP contribution is 2.34. The zero-order valence-corrected chi connectivity index (χ0v) is 16.1. The van der Waals surface area contributed by atoms with Gasteiger partial charge in [-0.2, -0.15) is 0 Å². The van der Waals surface area contributed by atoms with Crippen LogP contribution in [0.5, 0.6) is 0 Å². The summed E-state index contributed by atoms with van der Waals surface area (Å²) >= 11 is 0.985. The second-order valence-corrected chi connectivity index (χ2v) is 7.22. The number of rotatable bonds is 5. The molecule has 0 atom stereocenters. The molecule has 2 heterocycles. The first-order chi connectivity index (χ1) is 12.5. The Hall–Kier alpha value is -2.53. The number of hydrogen-bond donors (Lipinski definition) is 0. The molecule has 1 aromatic heterocycles. The Morgan fingerprint density at radius 2 is 1.92 bits per heavy atom. The quantitative estimate of drug-likeness (QED) is 0.559. The monoisotopic (exact) mass is 366 g/mol. The van der Waals surface area contributed by atoms with Gasteiger partial charge in [-0.05, 0) is 61.4 Å². The predicted molar refractivity (Wildman–Crippen MR) is 107 cm³/mol. The van der Waals surface area contributed by atoms with Crippen LogP contribution in [-0.2, 0) is 11.2 Å². The van der Waals surface area contributed by atoms with E-state index in [2.05, 4.69) is 43.2 Å². The molecule has 134 valence electrons. The molecular formula is C21H22N2O2S. The largest absolute Gasteiger partial charge is 0.318 e. The summed E-state index contributed by atoms with van der Waals surface area (Å²) in [5, 5.41) is -0.244. The van der Waals surface area contributed by atoms with E-state index in [-0.39, 0.29) is 17.7 Å². The van der Waals surface area contributed by atoms with Gasteiger partial charge in [-0.1, -0.05) is 31.2 Å². The minimum Gasteiger partial charge on any atom is -0.318 e. The number of aromatic nitrogens is 1. The molecule has 2 aromatic rings. The summed E-state index contributed by atoms with van der Waals surface area (Å²) in [6.07, 6.45) is 4.33. The number of carbonyl (C=O) groups is 2. The lowest BCUT2D eigenvalue weighted by Gasteiger charge is -2.14. The Bertz CT molecular complexity index is 924. The summed E-state index contributed by atoms with van der Waals surface area (Å²) in [6, 6.07) is 10.4. The highest BCUT2D eigenvalue weighted by atomic mass is 32.2. The number of amides is 2. The maximum Gasteiger partial charge on any atom is 0.293 e. The number of hydrogen-bond acceptors (Lipinski definition) is 3. The second-order valence-electron chi connectivity index (χ2n) is 6.23. The first kappa shape index (κ1) is 18.3. The molecule has 26 heavy (non-hydrogen) atoms. The van der Waals surface area contributed by atoms with Crippen molar-refractivity contribution < 1.29 is 9.59 Å². The highest BCUT2D eigenvalue weighted by molar-refractivity contribution is 8.18. The Labute approximate surface area is 158 Å². The standard InChI is InChI=1S/C21H22N2O2S/c1-5-11-22-20(24)19(26-21(22)25)13-17-12-14(3)23(15(17)4)18-10-8-7-9-16(18)6-2/h5,7-10,12-13H,1,6,11H2,2-4H3. The lowest BCUT2D eigenvalue weighted by molar-refractivity contribution is -0.122. The molecule has 1 fully saturated rings. The van der Waals surface area contributed by atoms with Gasteiger partial charge < -0.3 is 4.57 Å². The molecule has 1 aliphatic rings. The Balaban J connectivity index is 2.03. The van der Waals surface area contributed by atoms with Gasteiger partial charge in [-0.3, -0.25) is 14.5 Å². The molecule has 1 aromatic carbocycles. The fourth-order valence-corrected chi connectivity index (χ4v) is 4.10. The van der Waals surface area contributed by atoms with Crippen LogP contribution in [0.4, 0.5) is 4.79 Å². The first-order valence-electron chi connectivity index (χ1n) is 8.61. The summed E-state index contributed by atoms with van der Waals surface area (Å²) in [6.45, 7) is 10.1. The van der Waals surface area contributed by atoms with Crippen LogP contribution in [0.15, 0.2) is 47.9 Å².